The highest BCUT2D eigenvalue weighted by Gasteiger charge is 2.12. The molecule has 0 atom stereocenters. The average Bonchev–Trinajstić information content (AvgIpc) is 2.36. The zero-order valence-electron chi connectivity index (χ0n) is 11.2. The van der Waals surface area contributed by atoms with Crippen LogP contribution >= 0.6 is 24.0 Å². The van der Waals surface area contributed by atoms with E-state index in [1.54, 1.807) is 0 Å². The molecule has 0 aliphatic heterocycles. The monoisotopic (exact) mass is 303 g/mol. The second kappa shape index (κ2) is 9.80. The molecule has 0 aliphatic rings. The summed E-state index contributed by atoms with van der Waals surface area (Å²) in [4.78, 5) is 0. The number of rotatable bonds is 7. The van der Waals surface area contributed by atoms with Gasteiger partial charge in [0.1, 0.15) is 6.61 Å². The van der Waals surface area contributed by atoms with E-state index in [9.17, 15) is 0 Å². The lowest BCUT2D eigenvalue weighted by Crippen LogP contribution is -2.12. The van der Waals surface area contributed by atoms with E-state index in [2.05, 4.69) is 18.2 Å². The molecule has 0 amide bonds. The van der Waals surface area contributed by atoms with Crippen LogP contribution in [-0.2, 0) is 6.54 Å². The van der Waals surface area contributed by atoms with Gasteiger partial charge < -0.3 is 14.8 Å². The van der Waals surface area contributed by atoms with Gasteiger partial charge in [0.15, 0.2) is 11.5 Å². The molecule has 0 unspecified atom stereocenters. The summed E-state index contributed by atoms with van der Waals surface area (Å²) in [6.45, 7) is 6.33. The zero-order valence-corrected chi connectivity index (χ0v) is 12.7. The predicted molar refractivity (Wildman–Crippen MR) is 81.6 cm³/mol. The molecular formula is C14H19Cl2NO2. The van der Waals surface area contributed by atoms with Gasteiger partial charge in [-0.25, -0.2) is 0 Å². The summed E-state index contributed by atoms with van der Waals surface area (Å²) in [6.07, 6.45) is 5.18. The molecule has 3 nitrogen and oxygen atoms in total. The van der Waals surface area contributed by atoms with Crippen molar-refractivity contribution in [1.29, 1.82) is 0 Å². The minimum absolute atomic E-state index is 0. The van der Waals surface area contributed by atoms with Gasteiger partial charge in [0.2, 0.25) is 0 Å². The summed E-state index contributed by atoms with van der Waals surface area (Å²) >= 11 is 6.18. The molecule has 0 saturated carbocycles. The molecule has 1 N–H and O–H groups in total. The topological polar surface area (TPSA) is 30.5 Å². The van der Waals surface area contributed by atoms with Crippen molar-refractivity contribution in [3.05, 3.63) is 22.7 Å². The molecule has 19 heavy (non-hydrogen) atoms. The quantitative estimate of drug-likeness (QED) is 0.784. The highest BCUT2D eigenvalue weighted by atomic mass is 35.5. The van der Waals surface area contributed by atoms with Crippen LogP contribution in [0.4, 0.5) is 0 Å². The Balaban J connectivity index is 0.00000324. The first-order valence-electron chi connectivity index (χ1n) is 5.95. The molecule has 1 aromatic rings. The first-order chi connectivity index (χ1) is 8.72. The van der Waals surface area contributed by atoms with Crippen molar-refractivity contribution < 1.29 is 9.47 Å². The second-order valence-corrected chi connectivity index (χ2v) is 4.02. The van der Waals surface area contributed by atoms with Crippen LogP contribution in [0.2, 0.25) is 5.02 Å². The van der Waals surface area contributed by atoms with Gasteiger partial charge in [-0.1, -0.05) is 24.4 Å². The van der Waals surface area contributed by atoms with Crippen LogP contribution in [-0.4, -0.2) is 19.8 Å². The summed E-state index contributed by atoms with van der Waals surface area (Å²) in [5.74, 6) is 3.56. The van der Waals surface area contributed by atoms with Crippen molar-refractivity contribution in [1.82, 2.24) is 5.32 Å². The van der Waals surface area contributed by atoms with Crippen LogP contribution in [0.1, 0.15) is 19.4 Å². The van der Waals surface area contributed by atoms with Crippen molar-refractivity contribution in [2.75, 3.05) is 19.8 Å². The maximum absolute atomic E-state index is 6.18. The predicted octanol–water partition coefficient (Wildman–Crippen LogP) is 3.28. The molecule has 0 radical (unpaired) electrons. The Hall–Kier alpha value is -1.08. The van der Waals surface area contributed by atoms with Crippen LogP contribution in [0.5, 0.6) is 11.5 Å². The Kier molecular flexibility index (Phi) is 9.24. The molecule has 0 saturated heterocycles. The Bertz CT molecular complexity index is 430. The molecule has 106 valence electrons. The average molecular weight is 304 g/mol. The van der Waals surface area contributed by atoms with Gasteiger partial charge in [0.05, 0.1) is 11.6 Å². The zero-order chi connectivity index (χ0) is 13.4. The van der Waals surface area contributed by atoms with E-state index < -0.39 is 0 Å². The minimum atomic E-state index is 0. The fourth-order valence-electron chi connectivity index (χ4n) is 1.51. The van der Waals surface area contributed by atoms with Gasteiger partial charge in [0.25, 0.3) is 0 Å². The minimum Gasteiger partial charge on any atom is -0.490 e. The van der Waals surface area contributed by atoms with E-state index in [1.807, 2.05) is 19.1 Å². The van der Waals surface area contributed by atoms with Crippen molar-refractivity contribution in [3.63, 3.8) is 0 Å². The van der Waals surface area contributed by atoms with Gasteiger partial charge in [-0.3, -0.25) is 0 Å². The first kappa shape index (κ1) is 17.9. The number of nitrogens with one attached hydrogen (secondary N) is 1. The van der Waals surface area contributed by atoms with E-state index in [4.69, 9.17) is 27.5 Å². The highest BCUT2D eigenvalue weighted by Crippen LogP contribution is 2.36. The van der Waals surface area contributed by atoms with Crippen molar-refractivity contribution in [2.45, 2.75) is 20.4 Å². The number of halogens is 2. The molecule has 0 aliphatic carbocycles. The molecule has 0 aromatic heterocycles. The molecule has 5 heteroatoms. The standard InChI is InChI=1S/C14H18ClNO2.ClH/c1-4-7-18-14-12(15)8-11(10-16-5-2)9-13(14)17-6-3;/h1,8-9,16H,5-7,10H2,2-3H3;1H. The van der Waals surface area contributed by atoms with Crippen LogP contribution in [0, 0.1) is 12.3 Å². The lowest BCUT2D eigenvalue weighted by atomic mass is 10.2. The van der Waals surface area contributed by atoms with Gasteiger partial charge in [-0.2, -0.15) is 0 Å². The Morgan fingerprint density at radius 2 is 2.05 bits per heavy atom. The van der Waals surface area contributed by atoms with Crippen LogP contribution in [0.3, 0.4) is 0 Å². The summed E-state index contributed by atoms with van der Waals surface area (Å²) in [5, 5.41) is 3.75. The molecule has 1 aromatic carbocycles. The van der Waals surface area contributed by atoms with Crippen molar-refractivity contribution in [3.8, 4) is 23.8 Å². The molecule has 0 spiro atoms. The Labute approximate surface area is 126 Å². The summed E-state index contributed by atoms with van der Waals surface area (Å²) in [6, 6.07) is 3.78. The maximum atomic E-state index is 6.18. The van der Waals surface area contributed by atoms with E-state index in [0.717, 1.165) is 18.7 Å². The third kappa shape index (κ3) is 5.61. The van der Waals surface area contributed by atoms with E-state index >= 15 is 0 Å². The molecule has 0 fully saturated rings. The molecular weight excluding hydrogens is 285 g/mol. The lowest BCUT2D eigenvalue weighted by Gasteiger charge is -2.14. The fourth-order valence-corrected chi connectivity index (χ4v) is 1.80. The van der Waals surface area contributed by atoms with Crippen LogP contribution in [0.15, 0.2) is 12.1 Å². The largest absolute Gasteiger partial charge is 0.490 e. The number of terminal acetylenes is 1. The summed E-state index contributed by atoms with van der Waals surface area (Å²) in [5.41, 5.74) is 1.05. The fraction of sp³-hybridized carbons (Fsp3) is 0.429. The van der Waals surface area contributed by atoms with Crippen molar-refractivity contribution in [2.24, 2.45) is 0 Å². The SMILES string of the molecule is C#CCOc1c(Cl)cc(CNCC)cc1OCC.Cl. The third-order valence-corrected chi connectivity index (χ3v) is 2.53. The maximum Gasteiger partial charge on any atom is 0.181 e. The van der Waals surface area contributed by atoms with Crippen LogP contribution < -0.4 is 14.8 Å². The summed E-state index contributed by atoms with van der Waals surface area (Å²) in [7, 11) is 0. The normalized spacial score (nSPS) is 9.37. The molecule has 0 bridgehead atoms. The van der Waals surface area contributed by atoms with Gasteiger partial charge >= 0.3 is 0 Å². The van der Waals surface area contributed by atoms with E-state index in [1.165, 1.54) is 0 Å². The molecule has 1 rings (SSSR count). The number of benzene rings is 1. The first-order valence-corrected chi connectivity index (χ1v) is 6.32. The van der Waals surface area contributed by atoms with Crippen molar-refractivity contribution >= 4 is 24.0 Å². The number of ether oxygens (including phenoxy) is 2. The second-order valence-electron chi connectivity index (χ2n) is 3.61. The summed E-state index contributed by atoms with van der Waals surface area (Å²) < 4.78 is 10.9. The van der Waals surface area contributed by atoms with Gasteiger partial charge in [0, 0.05) is 6.54 Å². The van der Waals surface area contributed by atoms with Crippen LogP contribution in [0.25, 0.3) is 0 Å². The van der Waals surface area contributed by atoms with E-state index in [0.29, 0.717) is 23.1 Å². The molecule has 0 heterocycles. The lowest BCUT2D eigenvalue weighted by molar-refractivity contribution is 0.299. The van der Waals surface area contributed by atoms with Gasteiger partial charge in [-0.05, 0) is 31.2 Å². The smallest absolute Gasteiger partial charge is 0.181 e. The number of hydrogen-bond donors (Lipinski definition) is 1. The van der Waals surface area contributed by atoms with Gasteiger partial charge in [-0.15, -0.1) is 18.8 Å². The third-order valence-electron chi connectivity index (χ3n) is 2.25. The Morgan fingerprint density at radius 1 is 1.32 bits per heavy atom. The Morgan fingerprint density at radius 3 is 2.63 bits per heavy atom. The highest BCUT2D eigenvalue weighted by molar-refractivity contribution is 6.32. The number of hydrogen-bond acceptors (Lipinski definition) is 3. The van der Waals surface area contributed by atoms with E-state index in [-0.39, 0.29) is 19.0 Å².